The predicted octanol–water partition coefficient (Wildman–Crippen LogP) is 2.33. The molecule has 0 saturated carbocycles. The number of aromatic amines is 2. The molecule has 9 heteroatoms. The summed E-state index contributed by atoms with van der Waals surface area (Å²) in [7, 11) is 0. The Labute approximate surface area is 224 Å². The van der Waals surface area contributed by atoms with Crippen LogP contribution in [0.4, 0.5) is 0 Å². The van der Waals surface area contributed by atoms with E-state index in [2.05, 4.69) is 19.9 Å². The molecule has 0 aliphatic carbocycles. The summed E-state index contributed by atoms with van der Waals surface area (Å²) < 4.78 is 0. The molecule has 0 aliphatic rings. The average molecular weight is 571 g/mol. The number of carbonyl (C=O) groups is 2. The van der Waals surface area contributed by atoms with E-state index in [0.717, 1.165) is 34.9 Å². The first-order valence-corrected chi connectivity index (χ1v) is 10.2. The summed E-state index contributed by atoms with van der Waals surface area (Å²) in [5.41, 5.74) is 1.72. The second-order valence-corrected chi connectivity index (χ2v) is 6.48. The summed E-state index contributed by atoms with van der Waals surface area (Å²) in [5, 5.41) is 19.9. The van der Waals surface area contributed by atoms with Gasteiger partial charge in [-0.15, -0.1) is 0 Å². The number of benzene rings is 2. The first-order valence-electron chi connectivity index (χ1n) is 10.2. The van der Waals surface area contributed by atoms with Gasteiger partial charge < -0.3 is 29.8 Å². The minimum Gasteiger partial charge on any atom is -0.545 e. The fraction of sp³-hybridized carbons (Fsp3) is 0.0769. The number of aryl methyl sites for hydroxylation is 2. The van der Waals surface area contributed by atoms with Crippen molar-refractivity contribution in [2.24, 2.45) is 0 Å². The average Bonchev–Trinajstić information content (AvgIpc) is 3.52. The van der Waals surface area contributed by atoms with E-state index in [4.69, 9.17) is 0 Å². The molecule has 2 aromatic carbocycles. The molecule has 8 nitrogen and oxygen atoms in total. The van der Waals surface area contributed by atoms with Crippen molar-refractivity contribution in [3.63, 3.8) is 0 Å². The molecule has 0 atom stereocenters. The van der Waals surface area contributed by atoms with Crippen LogP contribution in [-0.4, -0.2) is 31.9 Å². The number of nitrogens with one attached hydrogen (secondary N) is 2. The van der Waals surface area contributed by atoms with Crippen LogP contribution in [0, 0.1) is 13.8 Å². The number of carboxylic acid groups (broad SMARTS) is 2. The SMILES string of the molecule is Cc1ncc[nH]1.Cc1ncc[nH]1.O=C([O-])/C=C/c1ccccc1.O=C([O-])/C=C/c1ccccc1.[Cd+2]. The van der Waals surface area contributed by atoms with Crippen LogP contribution in [0.5, 0.6) is 0 Å². The van der Waals surface area contributed by atoms with Crippen LogP contribution in [-0.2, 0) is 36.9 Å². The maximum atomic E-state index is 9.97. The Hall–Kier alpha value is -3.80. The Morgan fingerprint density at radius 1 is 0.686 bits per heavy atom. The first kappa shape index (κ1) is 31.2. The molecular weight excluding hydrogens is 545 g/mol. The largest absolute Gasteiger partial charge is 2.00 e. The molecule has 0 radical (unpaired) electrons. The Kier molecular flexibility index (Phi) is 17.5. The number of aromatic nitrogens is 4. The molecule has 2 aromatic heterocycles. The first-order chi connectivity index (χ1) is 16.4. The zero-order chi connectivity index (χ0) is 25.0. The quantitative estimate of drug-likeness (QED) is 0.285. The minimum absolute atomic E-state index is 0. The van der Waals surface area contributed by atoms with Crippen LogP contribution >= 0.6 is 0 Å². The third kappa shape index (κ3) is 18.3. The molecule has 0 saturated heterocycles. The summed E-state index contributed by atoms with van der Waals surface area (Å²) in [4.78, 5) is 33.4. The van der Waals surface area contributed by atoms with Gasteiger partial charge in [0.25, 0.3) is 0 Å². The Morgan fingerprint density at radius 3 is 1.23 bits per heavy atom. The Morgan fingerprint density at radius 2 is 1.03 bits per heavy atom. The monoisotopic (exact) mass is 572 g/mol. The molecule has 0 spiro atoms. The number of hydrogen-bond donors (Lipinski definition) is 2. The van der Waals surface area contributed by atoms with Crippen LogP contribution in [0.25, 0.3) is 12.2 Å². The van der Waals surface area contributed by atoms with E-state index < -0.39 is 11.9 Å². The molecule has 4 aromatic rings. The van der Waals surface area contributed by atoms with Crippen molar-refractivity contribution in [1.82, 2.24) is 19.9 Å². The van der Waals surface area contributed by atoms with Crippen molar-refractivity contribution in [2.45, 2.75) is 13.8 Å². The minimum atomic E-state index is -1.17. The fourth-order valence-electron chi connectivity index (χ4n) is 2.15. The summed E-state index contributed by atoms with van der Waals surface area (Å²) in [5.74, 6) is -0.410. The van der Waals surface area contributed by atoms with Crippen molar-refractivity contribution in [2.75, 3.05) is 0 Å². The number of carboxylic acids is 2. The van der Waals surface area contributed by atoms with E-state index in [0.29, 0.717) is 0 Å². The number of rotatable bonds is 4. The van der Waals surface area contributed by atoms with Gasteiger partial charge >= 0.3 is 27.3 Å². The predicted molar refractivity (Wildman–Crippen MR) is 128 cm³/mol. The second-order valence-electron chi connectivity index (χ2n) is 6.48. The van der Waals surface area contributed by atoms with Gasteiger partial charge in [0.05, 0.1) is 11.9 Å². The van der Waals surface area contributed by atoms with E-state index in [1.54, 1.807) is 24.8 Å². The van der Waals surface area contributed by atoms with Gasteiger partial charge in [-0.1, -0.05) is 72.8 Å². The number of imidazole rings is 2. The Bertz CT molecular complexity index is 1020. The summed E-state index contributed by atoms with van der Waals surface area (Å²) in [6.45, 7) is 3.83. The molecule has 2 N–H and O–H groups in total. The smallest absolute Gasteiger partial charge is 0.545 e. The fourth-order valence-corrected chi connectivity index (χ4v) is 2.15. The zero-order valence-electron chi connectivity index (χ0n) is 19.6. The van der Waals surface area contributed by atoms with Crippen LogP contribution in [0.15, 0.2) is 97.6 Å². The Balaban J connectivity index is 0.000000452. The van der Waals surface area contributed by atoms with Gasteiger partial charge in [-0.05, 0) is 37.1 Å². The standard InChI is InChI=1S/2C9H8O2.2C4H6N2.Cd/c2*10-9(11)7-6-8-4-2-1-3-5-8;2*1-4-5-2-3-6-4;/h2*1-7H,(H,10,11);2*2-3H,1H3,(H,5,6);/q;;;;+2/p-2/b2*7-6+;;;. The normalized spacial score (nSPS) is 9.43. The molecule has 2 heterocycles. The van der Waals surface area contributed by atoms with E-state index in [1.807, 2.05) is 74.5 Å². The van der Waals surface area contributed by atoms with E-state index in [-0.39, 0.29) is 27.3 Å². The van der Waals surface area contributed by atoms with Gasteiger partial charge in [0.1, 0.15) is 11.6 Å². The maximum absolute atomic E-state index is 9.97. The molecule has 4 rings (SSSR count). The van der Waals surface area contributed by atoms with Gasteiger partial charge in [0.15, 0.2) is 0 Å². The summed E-state index contributed by atoms with van der Waals surface area (Å²) in [6, 6.07) is 18.4. The molecule has 0 fully saturated rings. The van der Waals surface area contributed by atoms with Crippen LogP contribution < -0.4 is 10.2 Å². The molecule has 0 unspecified atom stereocenters. The zero-order valence-corrected chi connectivity index (χ0v) is 23.7. The number of carbonyl (C=O) groups excluding carboxylic acids is 2. The molecule has 0 aliphatic heterocycles. The number of nitrogens with zero attached hydrogens (tertiary/aromatic N) is 2. The van der Waals surface area contributed by atoms with Crippen molar-refractivity contribution in [3.8, 4) is 0 Å². The molecule has 176 valence electrons. The van der Waals surface area contributed by atoms with Crippen molar-refractivity contribution in [3.05, 3.63) is 120 Å². The summed E-state index contributed by atoms with van der Waals surface area (Å²) in [6.07, 6.45) is 12.1. The van der Waals surface area contributed by atoms with Gasteiger partial charge in [-0.3, -0.25) is 0 Å². The van der Waals surface area contributed by atoms with Crippen molar-refractivity contribution in [1.29, 1.82) is 0 Å². The van der Waals surface area contributed by atoms with Gasteiger partial charge in [-0.2, -0.15) is 0 Å². The third-order valence-electron chi connectivity index (χ3n) is 3.69. The van der Waals surface area contributed by atoms with Crippen LogP contribution in [0.2, 0.25) is 0 Å². The topological polar surface area (TPSA) is 138 Å². The van der Waals surface area contributed by atoms with Gasteiger partial charge in [-0.25, -0.2) is 9.97 Å². The van der Waals surface area contributed by atoms with Crippen LogP contribution in [0.3, 0.4) is 0 Å². The number of hydrogen-bond acceptors (Lipinski definition) is 6. The van der Waals surface area contributed by atoms with Crippen molar-refractivity contribution < 1.29 is 47.1 Å². The molecular formula is C26H26CdN4O4. The molecule has 35 heavy (non-hydrogen) atoms. The molecule has 0 amide bonds. The van der Waals surface area contributed by atoms with Crippen molar-refractivity contribution >= 4 is 24.1 Å². The van der Waals surface area contributed by atoms with E-state index in [9.17, 15) is 19.8 Å². The van der Waals surface area contributed by atoms with E-state index >= 15 is 0 Å². The second kappa shape index (κ2) is 19.7. The van der Waals surface area contributed by atoms with Gasteiger partial charge in [0.2, 0.25) is 0 Å². The van der Waals surface area contributed by atoms with Crippen LogP contribution in [0.1, 0.15) is 22.8 Å². The van der Waals surface area contributed by atoms with Gasteiger partial charge in [0, 0.05) is 24.8 Å². The molecule has 0 bridgehead atoms. The maximum Gasteiger partial charge on any atom is 2.00 e. The third-order valence-corrected chi connectivity index (χ3v) is 3.69. The number of H-pyrrole nitrogens is 2. The number of aliphatic carboxylic acids is 2. The summed E-state index contributed by atoms with van der Waals surface area (Å²) >= 11 is 0. The van der Waals surface area contributed by atoms with E-state index in [1.165, 1.54) is 12.2 Å².